The van der Waals surface area contributed by atoms with Crippen molar-refractivity contribution in [1.82, 2.24) is 30.0 Å². The molecule has 0 aliphatic heterocycles. The van der Waals surface area contributed by atoms with E-state index < -0.39 is 5.91 Å². The van der Waals surface area contributed by atoms with E-state index in [1.807, 2.05) is 30.3 Å². The number of pyridine rings is 1. The lowest BCUT2D eigenvalue weighted by Gasteiger charge is -2.10. The number of hydrogen-bond donors (Lipinski definition) is 2. The van der Waals surface area contributed by atoms with Crippen LogP contribution in [0.15, 0.2) is 55.0 Å². The predicted octanol–water partition coefficient (Wildman–Crippen LogP) is 2.38. The summed E-state index contributed by atoms with van der Waals surface area (Å²) in [6.07, 6.45) is 4.94. The standard InChI is InChI=1S/C18H14ClN7O/c19-15-17(26-9-3-8-23-26)25-16(20)14(24-15)18(27)22-10-12-5-1-4-11-6-2-7-21-13(11)12/h1-9H,10H2,(H2,20,25)(H,22,27). The number of amides is 1. The Morgan fingerprint density at radius 1 is 1.15 bits per heavy atom. The van der Waals surface area contributed by atoms with Crippen molar-refractivity contribution < 1.29 is 4.79 Å². The summed E-state index contributed by atoms with van der Waals surface area (Å²) in [5.74, 6) is -0.241. The maximum Gasteiger partial charge on any atom is 0.274 e. The molecule has 1 aromatic carbocycles. The quantitative estimate of drug-likeness (QED) is 0.563. The van der Waals surface area contributed by atoms with Crippen LogP contribution < -0.4 is 11.1 Å². The van der Waals surface area contributed by atoms with Gasteiger partial charge in [-0.1, -0.05) is 35.9 Å². The van der Waals surface area contributed by atoms with E-state index in [0.29, 0.717) is 0 Å². The van der Waals surface area contributed by atoms with Gasteiger partial charge in [-0.25, -0.2) is 14.6 Å². The fraction of sp³-hybridized carbons (Fsp3) is 0.0556. The number of anilines is 1. The molecule has 0 radical (unpaired) electrons. The van der Waals surface area contributed by atoms with Crippen LogP contribution in [0.2, 0.25) is 5.15 Å². The number of aromatic nitrogens is 5. The smallest absolute Gasteiger partial charge is 0.274 e. The number of hydrogen-bond acceptors (Lipinski definition) is 6. The van der Waals surface area contributed by atoms with Crippen LogP contribution >= 0.6 is 11.6 Å². The summed E-state index contributed by atoms with van der Waals surface area (Å²) in [5, 5.41) is 7.85. The molecule has 0 atom stereocenters. The lowest BCUT2D eigenvalue weighted by atomic mass is 10.1. The highest BCUT2D eigenvalue weighted by molar-refractivity contribution is 6.31. The van der Waals surface area contributed by atoms with Gasteiger partial charge in [0.2, 0.25) is 0 Å². The van der Waals surface area contributed by atoms with E-state index in [1.54, 1.807) is 24.7 Å². The maximum absolute atomic E-state index is 12.5. The molecule has 0 aliphatic carbocycles. The van der Waals surface area contributed by atoms with E-state index in [9.17, 15) is 4.79 Å². The molecule has 4 rings (SSSR count). The molecule has 9 heteroatoms. The summed E-state index contributed by atoms with van der Waals surface area (Å²) >= 11 is 6.15. The van der Waals surface area contributed by atoms with E-state index in [1.165, 1.54) is 4.68 Å². The van der Waals surface area contributed by atoms with Crippen LogP contribution in [0.1, 0.15) is 16.1 Å². The zero-order valence-electron chi connectivity index (χ0n) is 14.0. The van der Waals surface area contributed by atoms with Gasteiger partial charge in [-0.3, -0.25) is 9.78 Å². The molecule has 8 nitrogen and oxygen atoms in total. The number of halogens is 1. The van der Waals surface area contributed by atoms with Crippen LogP contribution in [0.4, 0.5) is 5.82 Å². The molecule has 1 amide bonds. The minimum Gasteiger partial charge on any atom is -0.382 e. The summed E-state index contributed by atoms with van der Waals surface area (Å²) in [4.78, 5) is 25.1. The summed E-state index contributed by atoms with van der Waals surface area (Å²) in [5.41, 5.74) is 7.58. The number of rotatable bonds is 4. The Morgan fingerprint density at radius 3 is 2.81 bits per heavy atom. The first-order valence-electron chi connectivity index (χ1n) is 8.07. The third kappa shape index (κ3) is 3.30. The van der Waals surface area contributed by atoms with Gasteiger partial charge in [-0.15, -0.1) is 0 Å². The highest BCUT2D eigenvalue weighted by Crippen LogP contribution is 2.20. The number of nitrogens with two attached hydrogens (primary N) is 1. The molecular formula is C18H14ClN7O. The third-order valence-electron chi connectivity index (χ3n) is 3.96. The molecule has 27 heavy (non-hydrogen) atoms. The molecule has 4 aromatic rings. The van der Waals surface area contributed by atoms with Gasteiger partial charge in [0.05, 0.1) is 5.52 Å². The lowest BCUT2D eigenvalue weighted by Crippen LogP contribution is -2.26. The Hall–Kier alpha value is -3.52. The summed E-state index contributed by atoms with van der Waals surface area (Å²) < 4.78 is 1.43. The molecule has 0 fully saturated rings. The van der Waals surface area contributed by atoms with Crippen LogP contribution in [0.5, 0.6) is 0 Å². The van der Waals surface area contributed by atoms with Crippen molar-refractivity contribution in [3.8, 4) is 5.82 Å². The van der Waals surface area contributed by atoms with Crippen molar-refractivity contribution in [1.29, 1.82) is 0 Å². The minimum atomic E-state index is -0.471. The van der Waals surface area contributed by atoms with Crippen LogP contribution in [-0.2, 0) is 6.54 Å². The Morgan fingerprint density at radius 2 is 2.00 bits per heavy atom. The Kier molecular flexibility index (Phi) is 4.39. The first kappa shape index (κ1) is 16.9. The van der Waals surface area contributed by atoms with Crippen molar-refractivity contribution in [2.75, 3.05) is 5.73 Å². The van der Waals surface area contributed by atoms with E-state index in [2.05, 4.69) is 25.4 Å². The second kappa shape index (κ2) is 7.00. The Bertz CT molecular complexity index is 1120. The number of fused-ring (bicyclic) bond motifs is 1. The van der Waals surface area contributed by atoms with E-state index >= 15 is 0 Å². The number of nitrogens with one attached hydrogen (secondary N) is 1. The van der Waals surface area contributed by atoms with Gasteiger partial charge < -0.3 is 11.1 Å². The van der Waals surface area contributed by atoms with Crippen molar-refractivity contribution in [3.05, 3.63) is 71.4 Å². The highest BCUT2D eigenvalue weighted by Gasteiger charge is 2.18. The molecule has 134 valence electrons. The van der Waals surface area contributed by atoms with Crippen molar-refractivity contribution >= 4 is 34.2 Å². The SMILES string of the molecule is Nc1nc(-n2cccn2)c(Cl)nc1C(=O)NCc1cccc2cccnc12. The normalized spacial score (nSPS) is 10.9. The van der Waals surface area contributed by atoms with Crippen LogP contribution in [-0.4, -0.2) is 30.6 Å². The third-order valence-corrected chi connectivity index (χ3v) is 4.21. The minimum absolute atomic E-state index is 0.0292. The first-order valence-corrected chi connectivity index (χ1v) is 8.45. The van der Waals surface area contributed by atoms with Crippen molar-refractivity contribution in [2.24, 2.45) is 0 Å². The largest absolute Gasteiger partial charge is 0.382 e. The van der Waals surface area contributed by atoms with Crippen LogP contribution in [0.25, 0.3) is 16.7 Å². The van der Waals surface area contributed by atoms with Gasteiger partial charge in [0.1, 0.15) is 0 Å². The van der Waals surface area contributed by atoms with Crippen LogP contribution in [0, 0.1) is 0 Å². The number of para-hydroxylation sites is 1. The number of benzene rings is 1. The Balaban J connectivity index is 1.57. The molecule has 3 aromatic heterocycles. The van der Waals surface area contributed by atoms with Crippen molar-refractivity contribution in [2.45, 2.75) is 6.54 Å². The zero-order valence-corrected chi connectivity index (χ0v) is 14.8. The fourth-order valence-corrected chi connectivity index (χ4v) is 2.91. The van der Waals surface area contributed by atoms with Gasteiger partial charge in [0.25, 0.3) is 5.91 Å². The maximum atomic E-state index is 12.5. The van der Waals surface area contributed by atoms with E-state index in [4.69, 9.17) is 17.3 Å². The monoisotopic (exact) mass is 379 g/mol. The summed E-state index contributed by atoms with van der Waals surface area (Å²) in [6.45, 7) is 0.271. The van der Waals surface area contributed by atoms with Gasteiger partial charge >= 0.3 is 0 Å². The summed E-state index contributed by atoms with van der Waals surface area (Å²) in [7, 11) is 0. The highest BCUT2D eigenvalue weighted by atomic mass is 35.5. The predicted molar refractivity (Wildman–Crippen MR) is 101 cm³/mol. The Labute approximate surface area is 159 Å². The number of carbonyl (C=O) groups is 1. The van der Waals surface area contributed by atoms with Crippen LogP contribution in [0.3, 0.4) is 0 Å². The average molecular weight is 380 g/mol. The number of nitrogen functional groups attached to an aromatic ring is 1. The molecule has 0 bridgehead atoms. The lowest BCUT2D eigenvalue weighted by molar-refractivity contribution is 0.0946. The van der Waals surface area contributed by atoms with Crippen molar-refractivity contribution in [3.63, 3.8) is 0 Å². The van der Waals surface area contributed by atoms with Gasteiger partial charge in [-0.2, -0.15) is 5.10 Å². The zero-order chi connectivity index (χ0) is 18.8. The molecule has 0 spiro atoms. The molecule has 0 unspecified atom stereocenters. The van der Waals surface area contributed by atoms with Gasteiger partial charge in [0, 0.05) is 30.5 Å². The average Bonchev–Trinajstić information content (AvgIpc) is 3.22. The summed E-state index contributed by atoms with van der Waals surface area (Å²) in [6, 6.07) is 11.3. The number of carbonyl (C=O) groups excluding carboxylic acids is 1. The fourth-order valence-electron chi connectivity index (χ4n) is 2.69. The van der Waals surface area contributed by atoms with Gasteiger partial charge in [-0.05, 0) is 17.7 Å². The molecule has 0 aliphatic rings. The molecule has 0 saturated heterocycles. The molecule has 3 heterocycles. The van der Waals surface area contributed by atoms with Gasteiger partial charge in [0.15, 0.2) is 22.5 Å². The topological polar surface area (TPSA) is 112 Å². The molecule has 0 saturated carbocycles. The molecular weight excluding hydrogens is 366 g/mol. The second-order valence-electron chi connectivity index (χ2n) is 5.70. The second-order valence-corrected chi connectivity index (χ2v) is 6.06. The molecule has 3 N–H and O–H groups in total. The van der Waals surface area contributed by atoms with E-state index in [0.717, 1.165) is 16.5 Å². The number of nitrogens with zero attached hydrogens (tertiary/aromatic N) is 5. The first-order chi connectivity index (χ1) is 13.1. The van der Waals surface area contributed by atoms with E-state index in [-0.39, 0.29) is 29.0 Å².